The molecule has 2 heterocycles. The number of fused-ring (bicyclic) bond motifs is 1. The van der Waals surface area contributed by atoms with Crippen molar-refractivity contribution in [2.24, 2.45) is 10.1 Å². The second kappa shape index (κ2) is 9.47. The van der Waals surface area contributed by atoms with Crippen molar-refractivity contribution in [1.29, 1.82) is 0 Å². The van der Waals surface area contributed by atoms with Crippen LogP contribution in [0.25, 0.3) is 0 Å². The van der Waals surface area contributed by atoms with Crippen molar-refractivity contribution in [2.45, 2.75) is 19.9 Å². The number of hydrogen-bond donors (Lipinski definition) is 1. The van der Waals surface area contributed by atoms with Gasteiger partial charge in [0.15, 0.2) is 16.0 Å². The summed E-state index contributed by atoms with van der Waals surface area (Å²) in [4.78, 5) is 41.2. The third kappa shape index (κ3) is 4.36. The zero-order chi connectivity index (χ0) is 22.7. The summed E-state index contributed by atoms with van der Waals surface area (Å²) in [6, 6.07) is 16.3. The molecule has 164 valence electrons. The number of aliphatic imine (C=N–C) groups is 1. The van der Waals surface area contributed by atoms with Gasteiger partial charge in [0.1, 0.15) is 6.61 Å². The van der Waals surface area contributed by atoms with Gasteiger partial charge in [-0.15, -0.1) is 0 Å². The summed E-state index contributed by atoms with van der Waals surface area (Å²) in [5.74, 6) is -0.308. The van der Waals surface area contributed by atoms with Crippen LogP contribution < -0.4 is 5.43 Å². The minimum atomic E-state index is -0.382. The van der Waals surface area contributed by atoms with Crippen LogP contribution in [0.1, 0.15) is 35.8 Å². The van der Waals surface area contributed by atoms with E-state index in [2.05, 4.69) is 15.5 Å². The molecule has 4 rings (SSSR count). The number of ketones is 1. The summed E-state index contributed by atoms with van der Waals surface area (Å²) < 4.78 is 0. The fraction of sp³-hybridized carbons (Fsp3) is 0.217. The van der Waals surface area contributed by atoms with Gasteiger partial charge in [-0.2, -0.15) is 5.10 Å². The van der Waals surface area contributed by atoms with Gasteiger partial charge in [0.25, 0.3) is 5.91 Å². The molecule has 0 saturated carbocycles. The molecule has 0 bridgehead atoms. The average molecular weight is 451 g/mol. The SMILES string of the molecule is COOCC1=C(C)N=C2S/C(=N\Nc3cccc(C(C)=O)c3)C(=O)N2C1c1ccccc1. The lowest BCUT2D eigenvalue weighted by Crippen LogP contribution is -2.39. The van der Waals surface area contributed by atoms with Gasteiger partial charge in [0.05, 0.1) is 18.8 Å². The molecule has 0 aromatic heterocycles. The number of rotatable bonds is 7. The van der Waals surface area contributed by atoms with Gasteiger partial charge in [0.2, 0.25) is 0 Å². The van der Waals surface area contributed by atoms with Crippen molar-refractivity contribution in [3.8, 4) is 0 Å². The van der Waals surface area contributed by atoms with E-state index in [-0.39, 0.29) is 29.4 Å². The first-order chi connectivity index (χ1) is 15.5. The Bertz CT molecular complexity index is 1140. The van der Waals surface area contributed by atoms with Crippen LogP contribution in [0.2, 0.25) is 0 Å². The van der Waals surface area contributed by atoms with Gasteiger partial charge in [0, 0.05) is 16.8 Å². The molecule has 2 aliphatic heterocycles. The van der Waals surface area contributed by atoms with E-state index < -0.39 is 0 Å². The molecule has 2 aromatic carbocycles. The molecule has 2 aromatic rings. The normalized spacial score (nSPS) is 19.3. The summed E-state index contributed by atoms with van der Waals surface area (Å²) in [5.41, 5.74) is 6.61. The first kappa shape index (κ1) is 21.9. The van der Waals surface area contributed by atoms with Gasteiger partial charge >= 0.3 is 0 Å². The summed E-state index contributed by atoms with van der Waals surface area (Å²) in [5, 5.41) is 5.13. The van der Waals surface area contributed by atoms with Crippen molar-refractivity contribution < 1.29 is 19.4 Å². The van der Waals surface area contributed by atoms with Crippen molar-refractivity contribution in [3.05, 3.63) is 77.0 Å². The molecular formula is C23H22N4O4S. The predicted molar refractivity (Wildman–Crippen MR) is 124 cm³/mol. The number of hydrogen-bond acceptors (Lipinski definition) is 8. The second-order valence-corrected chi connectivity index (χ2v) is 8.15. The standard InChI is InChI=1S/C23H22N4O4S/c1-14-19(13-31-30-3)20(16-8-5-4-6-9-16)27-22(29)21(32-23(27)24-14)26-25-18-11-7-10-17(12-18)15(2)28/h4-12,20,25H,13H2,1-3H3/b26-21-. The van der Waals surface area contributed by atoms with Crippen LogP contribution in [0, 0.1) is 0 Å². The Hall–Kier alpha value is -3.27. The monoisotopic (exact) mass is 450 g/mol. The fourth-order valence-corrected chi connectivity index (χ4v) is 4.45. The number of thioether (sulfide) groups is 1. The number of nitrogens with one attached hydrogen (secondary N) is 1. The Morgan fingerprint density at radius 3 is 2.72 bits per heavy atom. The van der Waals surface area contributed by atoms with Crippen molar-refractivity contribution in [1.82, 2.24) is 4.90 Å². The van der Waals surface area contributed by atoms with E-state index in [1.54, 1.807) is 29.2 Å². The predicted octanol–water partition coefficient (Wildman–Crippen LogP) is 4.15. The Morgan fingerprint density at radius 2 is 2.00 bits per heavy atom. The van der Waals surface area contributed by atoms with E-state index in [1.165, 1.54) is 25.8 Å². The second-order valence-electron chi connectivity index (χ2n) is 7.19. The topological polar surface area (TPSA) is 92.6 Å². The largest absolute Gasteiger partial charge is 0.295 e. The third-order valence-electron chi connectivity index (χ3n) is 5.12. The highest BCUT2D eigenvalue weighted by molar-refractivity contribution is 8.29. The summed E-state index contributed by atoms with van der Waals surface area (Å²) in [6.07, 6.45) is 0. The number of hydrazone groups is 1. The minimum Gasteiger partial charge on any atom is -0.295 e. The first-order valence-electron chi connectivity index (χ1n) is 9.94. The molecule has 1 unspecified atom stereocenters. The summed E-state index contributed by atoms with van der Waals surface area (Å²) in [6.45, 7) is 3.57. The molecule has 1 atom stereocenters. The van der Waals surface area contributed by atoms with Crippen molar-refractivity contribution >= 4 is 39.4 Å². The van der Waals surface area contributed by atoms with Gasteiger partial charge < -0.3 is 0 Å². The van der Waals surface area contributed by atoms with Crippen molar-refractivity contribution in [3.63, 3.8) is 0 Å². The fourth-order valence-electron chi connectivity index (χ4n) is 3.53. The van der Waals surface area contributed by atoms with Gasteiger partial charge in [-0.05, 0) is 43.3 Å². The molecule has 8 nitrogen and oxygen atoms in total. The molecule has 0 radical (unpaired) electrons. The number of amides is 1. The van der Waals surface area contributed by atoms with E-state index in [0.717, 1.165) is 16.8 Å². The van der Waals surface area contributed by atoms with Crippen LogP contribution in [0.15, 0.2) is 76.0 Å². The van der Waals surface area contributed by atoms with Crippen LogP contribution in [0.4, 0.5) is 5.69 Å². The number of carbonyl (C=O) groups is 2. The van der Waals surface area contributed by atoms with Crippen LogP contribution in [-0.2, 0) is 14.6 Å². The first-order valence-corrected chi connectivity index (χ1v) is 10.8. The average Bonchev–Trinajstić information content (AvgIpc) is 3.11. The van der Waals surface area contributed by atoms with E-state index in [9.17, 15) is 9.59 Å². The summed E-state index contributed by atoms with van der Waals surface area (Å²) in [7, 11) is 1.44. The highest BCUT2D eigenvalue weighted by Gasteiger charge is 2.44. The highest BCUT2D eigenvalue weighted by atomic mass is 32.2. The van der Waals surface area contributed by atoms with E-state index >= 15 is 0 Å². The Balaban J connectivity index is 1.65. The Morgan fingerprint density at radius 1 is 1.22 bits per heavy atom. The quantitative estimate of drug-likeness (QED) is 0.387. The summed E-state index contributed by atoms with van der Waals surface area (Å²) >= 11 is 1.20. The third-order valence-corrected chi connectivity index (χ3v) is 6.05. The maximum Gasteiger partial charge on any atom is 0.288 e. The molecule has 1 amide bonds. The maximum absolute atomic E-state index is 13.4. The molecule has 0 spiro atoms. The zero-order valence-electron chi connectivity index (χ0n) is 17.9. The van der Waals surface area contributed by atoms with Crippen LogP contribution in [0.3, 0.4) is 0 Å². The van der Waals surface area contributed by atoms with Crippen molar-refractivity contribution in [2.75, 3.05) is 19.1 Å². The van der Waals surface area contributed by atoms with Crippen LogP contribution in [-0.4, -0.2) is 40.5 Å². The molecule has 1 saturated heterocycles. The highest BCUT2D eigenvalue weighted by Crippen LogP contribution is 2.41. The molecule has 32 heavy (non-hydrogen) atoms. The number of Topliss-reactive ketones (excluding diaryl/α,β-unsaturated/α-hetero) is 1. The number of nitrogens with zero attached hydrogens (tertiary/aromatic N) is 3. The van der Waals surface area contributed by atoms with Crippen LogP contribution in [0.5, 0.6) is 0 Å². The number of benzene rings is 2. The number of amidine groups is 1. The Labute approximate surface area is 189 Å². The minimum absolute atomic E-state index is 0.0443. The molecule has 1 N–H and O–H groups in total. The molecule has 0 aliphatic carbocycles. The molecular weight excluding hydrogens is 428 g/mol. The lowest BCUT2D eigenvalue weighted by atomic mass is 9.95. The number of allylic oxidation sites excluding steroid dienone is 1. The van der Waals surface area contributed by atoms with Gasteiger partial charge in [-0.1, -0.05) is 42.5 Å². The van der Waals surface area contributed by atoms with Gasteiger partial charge in [-0.25, -0.2) is 14.8 Å². The van der Waals surface area contributed by atoms with E-state index in [0.29, 0.717) is 16.4 Å². The number of carbonyl (C=O) groups excluding carboxylic acids is 2. The van der Waals surface area contributed by atoms with E-state index in [4.69, 9.17) is 9.78 Å². The van der Waals surface area contributed by atoms with Gasteiger partial charge in [-0.3, -0.25) is 19.9 Å². The lowest BCUT2D eigenvalue weighted by Gasteiger charge is -2.33. The molecule has 2 aliphatic rings. The zero-order valence-corrected chi connectivity index (χ0v) is 18.7. The molecule has 1 fully saturated rings. The smallest absolute Gasteiger partial charge is 0.288 e. The Kier molecular flexibility index (Phi) is 6.50. The molecule has 9 heteroatoms. The van der Waals surface area contributed by atoms with Crippen LogP contribution >= 0.6 is 11.8 Å². The number of anilines is 1. The van der Waals surface area contributed by atoms with E-state index in [1.807, 2.05) is 37.3 Å². The lowest BCUT2D eigenvalue weighted by molar-refractivity contribution is -0.266. The maximum atomic E-state index is 13.4.